The molecule has 1 aromatic carbocycles. The molecule has 0 spiro atoms. The highest BCUT2D eigenvalue weighted by molar-refractivity contribution is 7.12. The van der Waals surface area contributed by atoms with Crippen LogP contribution in [0.4, 0.5) is 10.1 Å². The van der Waals surface area contributed by atoms with Crippen LogP contribution in [0.3, 0.4) is 0 Å². The Kier molecular flexibility index (Phi) is 3.93. The summed E-state index contributed by atoms with van der Waals surface area (Å²) in [5.74, 6) is -0.320. The smallest absolute Gasteiger partial charge is 0.147 e. The third-order valence-electron chi connectivity index (χ3n) is 2.85. The normalized spacial score (nSPS) is 12.5. The van der Waals surface area contributed by atoms with Crippen molar-refractivity contribution in [1.82, 2.24) is 0 Å². The molecule has 0 saturated heterocycles. The van der Waals surface area contributed by atoms with Crippen molar-refractivity contribution < 1.29 is 4.39 Å². The molecular formula is C14H15ClFNS. The quantitative estimate of drug-likeness (QED) is 0.803. The van der Waals surface area contributed by atoms with Gasteiger partial charge in [0, 0.05) is 20.8 Å². The Morgan fingerprint density at radius 3 is 2.56 bits per heavy atom. The number of rotatable bonds is 3. The Hall–Kier alpha value is -1.06. The number of nitrogens with one attached hydrogen (secondary N) is 1. The standard InChI is InChI=1S/C14H15ClFNS/c1-8-6-12(10(3)18-8)9(2)17-14-5-4-11(15)7-13(14)16/h4-7,9,17H,1-3H3. The van der Waals surface area contributed by atoms with Crippen LogP contribution in [0.25, 0.3) is 0 Å². The summed E-state index contributed by atoms with van der Waals surface area (Å²) >= 11 is 7.49. The van der Waals surface area contributed by atoms with E-state index in [2.05, 4.69) is 25.2 Å². The van der Waals surface area contributed by atoms with E-state index < -0.39 is 0 Å². The lowest BCUT2D eigenvalue weighted by Gasteiger charge is -2.16. The van der Waals surface area contributed by atoms with Crippen molar-refractivity contribution in [3.63, 3.8) is 0 Å². The van der Waals surface area contributed by atoms with Gasteiger partial charge in [-0.15, -0.1) is 11.3 Å². The van der Waals surface area contributed by atoms with Crippen molar-refractivity contribution in [2.75, 3.05) is 5.32 Å². The van der Waals surface area contributed by atoms with Crippen molar-refractivity contribution in [3.05, 3.63) is 50.4 Å². The molecule has 2 rings (SSSR count). The summed E-state index contributed by atoms with van der Waals surface area (Å²) in [6.07, 6.45) is 0. The van der Waals surface area contributed by atoms with Crippen molar-refractivity contribution in [1.29, 1.82) is 0 Å². The summed E-state index contributed by atoms with van der Waals surface area (Å²) in [7, 11) is 0. The summed E-state index contributed by atoms with van der Waals surface area (Å²) in [6, 6.07) is 6.90. The van der Waals surface area contributed by atoms with E-state index in [1.165, 1.54) is 21.4 Å². The maximum absolute atomic E-state index is 13.7. The Morgan fingerprint density at radius 2 is 2.00 bits per heavy atom. The zero-order valence-electron chi connectivity index (χ0n) is 10.6. The van der Waals surface area contributed by atoms with E-state index >= 15 is 0 Å². The van der Waals surface area contributed by atoms with Gasteiger partial charge in [0.2, 0.25) is 0 Å². The van der Waals surface area contributed by atoms with Crippen LogP contribution in [0, 0.1) is 19.7 Å². The van der Waals surface area contributed by atoms with E-state index in [0.717, 1.165) is 0 Å². The van der Waals surface area contributed by atoms with Crippen molar-refractivity contribution in [3.8, 4) is 0 Å². The predicted molar refractivity (Wildman–Crippen MR) is 77.2 cm³/mol. The van der Waals surface area contributed by atoms with Crippen molar-refractivity contribution in [2.24, 2.45) is 0 Å². The van der Waals surface area contributed by atoms with Crippen LogP contribution in [0.1, 0.15) is 28.3 Å². The Labute approximate surface area is 116 Å². The number of aryl methyl sites for hydroxylation is 2. The first kappa shape index (κ1) is 13.4. The van der Waals surface area contributed by atoms with Gasteiger partial charge in [-0.3, -0.25) is 0 Å². The molecule has 0 aliphatic rings. The third kappa shape index (κ3) is 2.85. The molecule has 1 atom stereocenters. The molecule has 0 bridgehead atoms. The molecule has 0 aliphatic carbocycles. The van der Waals surface area contributed by atoms with Crippen LogP contribution >= 0.6 is 22.9 Å². The van der Waals surface area contributed by atoms with Crippen LogP contribution < -0.4 is 5.32 Å². The van der Waals surface area contributed by atoms with Crippen molar-refractivity contribution >= 4 is 28.6 Å². The lowest BCUT2D eigenvalue weighted by molar-refractivity contribution is 0.627. The minimum atomic E-state index is -0.320. The monoisotopic (exact) mass is 283 g/mol. The van der Waals surface area contributed by atoms with Crippen molar-refractivity contribution in [2.45, 2.75) is 26.8 Å². The topological polar surface area (TPSA) is 12.0 Å². The first-order chi connectivity index (χ1) is 8.47. The molecule has 1 N–H and O–H groups in total. The maximum atomic E-state index is 13.7. The number of hydrogen-bond donors (Lipinski definition) is 1. The van der Waals surface area contributed by atoms with E-state index in [1.807, 2.05) is 6.92 Å². The number of hydrogen-bond acceptors (Lipinski definition) is 2. The average Bonchev–Trinajstić information content (AvgIpc) is 2.62. The fourth-order valence-electron chi connectivity index (χ4n) is 2.00. The third-order valence-corrected chi connectivity index (χ3v) is 4.07. The van der Waals surface area contributed by atoms with Gasteiger partial charge in [-0.25, -0.2) is 4.39 Å². The van der Waals surface area contributed by atoms with Gasteiger partial charge in [0.05, 0.1) is 5.69 Å². The van der Waals surface area contributed by atoms with Gasteiger partial charge >= 0.3 is 0 Å². The van der Waals surface area contributed by atoms with Gasteiger partial charge in [-0.2, -0.15) is 0 Å². The number of thiophene rings is 1. The minimum absolute atomic E-state index is 0.0747. The average molecular weight is 284 g/mol. The van der Waals surface area contributed by atoms with E-state index in [4.69, 9.17) is 11.6 Å². The molecule has 1 heterocycles. The zero-order valence-corrected chi connectivity index (χ0v) is 12.1. The second-order valence-corrected chi connectivity index (χ2v) is 6.26. The van der Waals surface area contributed by atoms with E-state index in [-0.39, 0.29) is 11.9 Å². The highest BCUT2D eigenvalue weighted by atomic mass is 35.5. The maximum Gasteiger partial charge on any atom is 0.147 e. The zero-order chi connectivity index (χ0) is 13.3. The molecule has 1 unspecified atom stereocenters. The number of anilines is 1. The fraction of sp³-hybridized carbons (Fsp3) is 0.286. The van der Waals surface area contributed by atoms with E-state index in [9.17, 15) is 4.39 Å². The van der Waals surface area contributed by atoms with Gasteiger partial charge in [0.1, 0.15) is 5.82 Å². The predicted octanol–water partition coefficient (Wildman–Crippen LogP) is 5.33. The summed E-state index contributed by atoms with van der Waals surface area (Å²) in [5, 5.41) is 3.59. The molecule has 0 saturated carbocycles. The molecule has 0 radical (unpaired) electrons. The summed E-state index contributed by atoms with van der Waals surface area (Å²) in [6.45, 7) is 6.20. The van der Waals surface area contributed by atoms with Crippen LogP contribution in [-0.4, -0.2) is 0 Å². The van der Waals surface area contributed by atoms with Gasteiger partial charge in [-0.05, 0) is 50.6 Å². The van der Waals surface area contributed by atoms with Gasteiger partial charge in [0.15, 0.2) is 0 Å². The second kappa shape index (κ2) is 5.29. The Balaban J connectivity index is 2.21. The molecule has 1 aromatic heterocycles. The molecule has 0 aliphatic heterocycles. The van der Waals surface area contributed by atoms with Crippen LogP contribution in [0.2, 0.25) is 5.02 Å². The molecule has 2 aromatic rings. The molecule has 18 heavy (non-hydrogen) atoms. The van der Waals surface area contributed by atoms with Crippen LogP contribution in [-0.2, 0) is 0 Å². The number of benzene rings is 1. The molecule has 96 valence electrons. The van der Waals surface area contributed by atoms with Crippen LogP contribution in [0.15, 0.2) is 24.3 Å². The number of halogens is 2. The second-order valence-electron chi connectivity index (χ2n) is 4.36. The lowest BCUT2D eigenvalue weighted by atomic mass is 10.1. The SMILES string of the molecule is Cc1cc(C(C)Nc2ccc(Cl)cc2F)c(C)s1. The minimum Gasteiger partial charge on any atom is -0.376 e. The molecule has 1 nitrogen and oxygen atoms in total. The van der Waals surface area contributed by atoms with Gasteiger partial charge < -0.3 is 5.32 Å². The Bertz CT molecular complexity index is 565. The van der Waals surface area contributed by atoms with Crippen LogP contribution in [0.5, 0.6) is 0 Å². The molecular weight excluding hydrogens is 269 g/mol. The first-order valence-electron chi connectivity index (χ1n) is 5.76. The summed E-state index contributed by atoms with van der Waals surface area (Å²) in [5.41, 5.74) is 1.70. The van der Waals surface area contributed by atoms with E-state index in [0.29, 0.717) is 10.7 Å². The summed E-state index contributed by atoms with van der Waals surface area (Å²) < 4.78 is 13.7. The summed E-state index contributed by atoms with van der Waals surface area (Å²) in [4.78, 5) is 2.54. The molecule has 0 amide bonds. The Morgan fingerprint density at radius 1 is 1.28 bits per heavy atom. The highest BCUT2D eigenvalue weighted by Crippen LogP contribution is 2.29. The van der Waals surface area contributed by atoms with E-state index in [1.54, 1.807) is 23.5 Å². The van der Waals surface area contributed by atoms with Gasteiger partial charge in [-0.1, -0.05) is 11.6 Å². The van der Waals surface area contributed by atoms with Gasteiger partial charge in [0.25, 0.3) is 0 Å². The first-order valence-corrected chi connectivity index (χ1v) is 6.95. The largest absolute Gasteiger partial charge is 0.376 e. The molecule has 0 fully saturated rings. The highest BCUT2D eigenvalue weighted by Gasteiger charge is 2.13. The molecule has 4 heteroatoms. The lowest BCUT2D eigenvalue weighted by Crippen LogP contribution is -2.08. The fourth-order valence-corrected chi connectivity index (χ4v) is 3.18.